The average Bonchev–Trinajstić information content (AvgIpc) is 3.12. The number of carbonyl (C=O) groups is 2. The van der Waals surface area contributed by atoms with E-state index in [2.05, 4.69) is 23.2 Å². The largest absolute Gasteiger partial charge is 0.368 e. The van der Waals surface area contributed by atoms with Crippen molar-refractivity contribution in [2.24, 2.45) is 0 Å². The van der Waals surface area contributed by atoms with E-state index in [1.807, 2.05) is 25.1 Å². The van der Waals surface area contributed by atoms with Crippen molar-refractivity contribution in [3.8, 4) is 0 Å². The lowest BCUT2D eigenvalue weighted by Gasteiger charge is -2.34. The molecule has 2 aliphatic heterocycles. The number of pyridine rings is 1. The van der Waals surface area contributed by atoms with Crippen LogP contribution in [-0.4, -0.2) is 59.4 Å². The molecule has 4 rings (SSSR count). The van der Waals surface area contributed by atoms with Crippen molar-refractivity contribution in [2.75, 3.05) is 32.8 Å². The fourth-order valence-corrected chi connectivity index (χ4v) is 4.32. The van der Waals surface area contributed by atoms with Gasteiger partial charge in [0.1, 0.15) is 6.10 Å². The summed E-state index contributed by atoms with van der Waals surface area (Å²) < 4.78 is 5.96. The third-order valence-corrected chi connectivity index (χ3v) is 5.81. The number of hydrogen-bond acceptors (Lipinski definition) is 4. The quantitative estimate of drug-likeness (QED) is 0.735. The zero-order chi connectivity index (χ0) is 21.1. The normalized spacial score (nSPS) is 19.4. The molecule has 0 spiro atoms. The Hall–Kier alpha value is -2.44. The highest BCUT2D eigenvalue weighted by Gasteiger charge is 2.29. The van der Waals surface area contributed by atoms with Gasteiger partial charge in [-0.2, -0.15) is 0 Å². The number of morpholine rings is 1. The van der Waals surface area contributed by atoms with E-state index in [0.717, 1.165) is 40.4 Å². The molecule has 158 valence electrons. The first-order valence-electron chi connectivity index (χ1n) is 10.4. The Labute approximate surface area is 181 Å². The molecular weight excluding hydrogens is 402 g/mol. The van der Waals surface area contributed by atoms with Gasteiger partial charge in [-0.1, -0.05) is 23.7 Å². The van der Waals surface area contributed by atoms with E-state index in [0.29, 0.717) is 32.7 Å². The van der Waals surface area contributed by atoms with Gasteiger partial charge < -0.3 is 14.5 Å². The van der Waals surface area contributed by atoms with Crippen LogP contribution in [0, 0.1) is 6.92 Å². The highest BCUT2D eigenvalue weighted by molar-refractivity contribution is 6.30. The van der Waals surface area contributed by atoms with Gasteiger partial charge >= 0.3 is 0 Å². The summed E-state index contributed by atoms with van der Waals surface area (Å²) in [6.07, 6.45) is 1.86. The Kier molecular flexibility index (Phi) is 6.35. The van der Waals surface area contributed by atoms with Crippen molar-refractivity contribution in [3.05, 3.63) is 63.9 Å². The number of aromatic nitrogens is 1. The molecule has 2 amide bonds. The fourth-order valence-electron chi connectivity index (χ4n) is 4.11. The Morgan fingerprint density at radius 1 is 1.23 bits per heavy atom. The molecule has 0 saturated carbocycles. The Morgan fingerprint density at radius 2 is 2.10 bits per heavy atom. The number of halogens is 1. The summed E-state index contributed by atoms with van der Waals surface area (Å²) in [6.45, 7) is 4.25. The third kappa shape index (κ3) is 4.99. The van der Waals surface area contributed by atoms with Gasteiger partial charge in [0.25, 0.3) is 0 Å². The topological polar surface area (TPSA) is 62.7 Å². The lowest BCUT2D eigenvalue weighted by molar-refractivity contribution is -0.143. The maximum atomic E-state index is 12.7. The number of aryl methyl sites for hydroxylation is 1. The molecule has 30 heavy (non-hydrogen) atoms. The van der Waals surface area contributed by atoms with Gasteiger partial charge in [0.2, 0.25) is 11.8 Å². The molecule has 0 radical (unpaired) electrons. The van der Waals surface area contributed by atoms with E-state index in [1.165, 1.54) is 0 Å². The predicted molar refractivity (Wildman–Crippen MR) is 114 cm³/mol. The second-order valence-electron chi connectivity index (χ2n) is 7.97. The van der Waals surface area contributed by atoms with Gasteiger partial charge in [0.15, 0.2) is 0 Å². The average molecular weight is 428 g/mol. The first-order valence-corrected chi connectivity index (χ1v) is 10.7. The standard InChI is InChI=1S/C23H26ClN3O3/c1-16-10-18(11-17-4-2-5-19(24)12-17)13-20(25-16)21-14-27(8-9-30-21)23(29)15-26-7-3-6-22(26)28/h2,4-5,10,12-13,21H,3,6-9,11,14-15H2,1H3/t21-/m1/s1. The van der Waals surface area contributed by atoms with Crippen LogP contribution in [-0.2, 0) is 20.7 Å². The molecule has 1 atom stereocenters. The second kappa shape index (κ2) is 9.14. The number of amides is 2. The molecule has 0 N–H and O–H groups in total. The molecule has 0 aliphatic carbocycles. The molecule has 2 aromatic rings. The Balaban J connectivity index is 1.45. The predicted octanol–water partition coefficient (Wildman–Crippen LogP) is 3.16. The van der Waals surface area contributed by atoms with Gasteiger partial charge in [0.05, 0.1) is 25.4 Å². The van der Waals surface area contributed by atoms with Crippen molar-refractivity contribution in [1.29, 1.82) is 0 Å². The number of hydrogen-bond donors (Lipinski definition) is 0. The lowest BCUT2D eigenvalue weighted by Crippen LogP contribution is -2.47. The first kappa shape index (κ1) is 20.8. The summed E-state index contributed by atoms with van der Waals surface area (Å²) in [5.74, 6) is 0.0459. The minimum atomic E-state index is -0.269. The molecule has 0 bridgehead atoms. The van der Waals surface area contributed by atoms with Crippen LogP contribution in [0.5, 0.6) is 0 Å². The van der Waals surface area contributed by atoms with Crippen molar-refractivity contribution >= 4 is 23.4 Å². The Bertz CT molecular complexity index is 949. The number of carbonyl (C=O) groups excluding carboxylic acids is 2. The minimum absolute atomic E-state index is 0.0228. The van der Waals surface area contributed by atoms with E-state index in [-0.39, 0.29) is 24.5 Å². The number of ether oxygens (including phenoxy) is 1. The smallest absolute Gasteiger partial charge is 0.242 e. The number of benzene rings is 1. The maximum absolute atomic E-state index is 12.7. The van der Waals surface area contributed by atoms with Crippen LogP contribution in [0.15, 0.2) is 36.4 Å². The molecule has 1 aromatic heterocycles. The van der Waals surface area contributed by atoms with E-state index in [9.17, 15) is 9.59 Å². The molecule has 1 aromatic carbocycles. The van der Waals surface area contributed by atoms with Crippen LogP contribution in [0.4, 0.5) is 0 Å². The summed E-state index contributed by atoms with van der Waals surface area (Å²) in [5.41, 5.74) is 4.02. The molecule has 2 saturated heterocycles. The number of rotatable bonds is 5. The van der Waals surface area contributed by atoms with Crippen LogP contribution < -0.4 is 0 Å². The van der Waals surface area contributed by atoms with Crippen molar-refractivity contribution < 1.29 is 14.3 Å². The molecule has 7 heteroatoms. The molecule has 2 aliphatic rings. The summed E-state index contributed by atoms with van der Waals surface area (Å²) in [5, 5.41) is 0.722. The van der Waals surface area contributed by atoms with Crippen molar-refractivity contribution in [2.45, 2.75) is 32.3 Å². The second-order valence-corrected chi connectivity index (χ2v) is 8.40. The van der Waals surface area contributed by atoms with Crippen LogP contribution in [0.2, 0.25) is 5.02 Å². The van der Waals surface area contributed by atoms with E-state index in [1.54, 1.807) is 9.80 Å². The van der Waals surface area contributed by atoms with Gasteiger partial charge in [0, 0.05) is 30.2 Å². The van der Waals surface area contributed by atoms with E-state index >= 15 is 0 Å². The molecular formula is C23H26ClN3O3. The molecule has 6 nitrogen and oxygen atoms in total. The van der Waals surface area contributed by atoms with Gasteiger partial charge in [-0.05, 0) is 55.2 Å². The zero-order valence-corrected chi connectivity index (χ0v) is 17.9. The van der Waals surface area contributed by atoms with Gasteiger partial charge in [-0.3, -0.25) is 14.6 Å². The molecule has 3 heterocycles. The number of likely N-dealkylation sites (tertiary alicyclic amines) is 1. The van der Waals surface area contributed by atoms with E-state index < -0.39 is 0 Å². The summed E-state index contributed by atoms with van der Waals surface area (Å²) in [4.78, 5) is 32.7. The zero-order valence-electron chi connectivity index (χ0n) is 17.1. The van der Waals surface area contributed by atoms with Gasteiger partial charge in [-0.15, -0.1) is 0 Å². The molecule has 2 fully saturated rings. The van der Waals surface area contributed by atoms with Gasteiger partial charge in [-0.25, -0.2) is 0 Å². The SMILES string of the molecule is Cc1cc(Cc2cccc(Cl)c2)cc([C@H]2CN(C(=O)CN3CCCC3=O)CCO2)n1. The number of nitrogens with zero attached hydrogens (tertiary/aromatic N) is 3. The van der Waals surface area contributed by atoms with Crippen LogP contribution in [0.25, 0.3) is 0 Å². The Morgan fingerprint density at radius 3 is 2.87 bits per heavy atom. The molecule has 0 unspecified atom stereocenters. The highest BCUT2D eigenvalue weighted by atomic mass is 35.5. The lowest BCUT2D eigenvalue weighted by atomic mass is 10.0. The van der Waals surface area contributed by atoms with Crippen molar-refractivity contribution in [3.63, 3.8) is 0 Å². The maximum Gasteiger partial charge on any atom is 0.242 e. The summed E-state index contributed by atoms with van der Waals surface area (Å²) in [6, 6.07) is 12.0. The first-order chi connectivity index (χ1) is 14.5. The summed E-state index contributed by atoms with van der Waals surface area (Å²) in [7, 11) is 0. The van der Waals surface area contributed by atoms with E-state index in [4.69, 9.17) is 16.3 Å². The minimum Gasteiger partial charge on any atom is -0.368 e. The monoisotopic (exact) mass is 427 g/mol. The third-order valence-electron chi connectivity index (χ3n) is 5.58. The van der Waals surface area contributed by atoms with Crippen LogP contribution in [0.1, 0.15) is 41.5 Å². The van der Waals surface area contributed by atoms with Crippen LogP contribution >= 0.6 is 11.6 Å². The summed E-state index contributed by atoms with van der Waals surface area (Å²) >= 11 is 6.12. The fraction of sp³-hybridized carbons (Fsp3) is 0.435. The highest BCUT2D eigenvalue weighted by Crippen LogP contribution is 2.24. The van der Waals surface area contributed by atoms with Crippen molar-refractivity contribution in [1.82, 2.24) is 14.8 Å². The van der Waals surface area contributed by atoms with Crippen LogP contribution in [0.3, 0.4) is 0 Å².